The largest absolute Gasteiger partial charge is 0.333 e. The van der Waals surface area contributed by atoms with Crippen LogP contribution in [0.15, 0.2) is 5.16 Å². The lowest BCUT2D eigenvalue weighted by Gasteiger charge is -2.21. The Kier molecular flexibility index (Phi) is 6.56. The van der Waals surface area contributed by atoms with Gasteiger partial charge < -0.3 is 9.88 Å². The molecule has 11 heteroatoms. The number of carbonyl (C=O) groups is 2. The second-order valence-corrected chi connectivity index (χ2v) is 11.4. The molecule has 2 N–H and O–H groups in total. The Bertz CT molecular complexity index is 813. The predicted molar refractivity (Wildman–Crippen MR) is 103 cm³/mol. The second kappa shape index (κ2) is 8.17. The Morgan fingerprint density at radius 1 is 1.33 bits per heavy atom. The number of nitrogens with one attached hydrogen (secondary N) is 2. The summed E-state index contributed by atoms with van der Waals surface area (Å²) in [6.07, 6.45) is 1.18. The van der Waals surface area contributed by atoms with Crippen LogP contribution in [0, 0.1) is 5.92 Å². The molecule has 0 aliphatic carbocycles. The quantitative estimate of drug-likeness (QED) is 0.682. The molecule has 1 fully saturated rings. The van der Waals surface area contributed by atoms with E-state index in [1.807, 2.05) is 20.8 Å². The van der Waals surface area contributed by atoms with Gasteiger partial charge in [-0.15, -0.1) is 10.2 Å². The van der Waals surface area contributed by atoms with E-state index >= 15 is 0 Å². The molecule has 0 radical (unpaired) electrons. The number of thioether (sulfide) groups is 1. The monoisotopic (exact) mass is 417 g/mol. The number of carbonyl (C=O) groups excluding carboxylic acids is 2. The number of nitrogens with zero attached hydrogens (tertiary/aromatic N) is 3. The Morgan fingerprint density at radius 2 is 2.00 bits per heavy atom. The maximum absolute atomic E-state index is 12.2. The summed E-state index contributed by atoms with van der Waals surface area (Å²) in [5.74, 6) is 0.734. The number of amides is 3. The summed E-state index contributed by atoms with van der Waals surface area (Å²) in [7, 11) is -1.14. The lowest BCUT2D eigenvalue weighted by molar-refractivity contribution is -0.119. The number of hydrogen-bond donors (Lipinski definition) is 2. The molecule has 152 valence electrons. The van der Waals surface area contributed by atoms with Crippen molar-refractivity contribution in [3.8, 4) is 0 Å². The maximum atomic E-state index is 12.2. The molecule has 0 saturated carbocycles. The third kappa shape index (κ3) is 6.49. The molecule has 3 amide bonds. The first-order valence-corrected chi connectivity index (χ1v) is 11.4. The molecule has 0 aromatic carbocycles. The van der Waals surface area contributed by atoms with Gasteiger partial charge in [-0.25, -0.2) is 13.2 Å². The minimum Gasteiger partial charge on any atom is -0.333 e. The van der Waals surface area contributed by atoms with E-state index in [0.717, 1.165) is 0 Å². The zero-order valence-corrected chi connectivity index (χ0v) is 17.9. The van der Waals surface area contributed by atoms with Crippen LogP contribution in [0.2, 0.25) is 0 Å². The summed E-state index contributed by atoms with van der Waals surface area (Å²) in [4.78, 5) is 24.0. The number of hydrogen-bond acceptors (Lipinski definition) is 7. The van der Waals surface area contributed by atoms with E-state index in [1.54, 1.807) is 18.5 Å². The van der Waals surface area contributed by atoms with Crippen molar-refractivity contribution >= 4 is 33.5 Å². The molecule has 2 atom stereocenters. The first-order valence-electron chi connectivity index (χ1n) is 8.74. The standard InChI is InChI=1S/C16H27N5O4S2/c1-10(13(22)17-14(23)18-16(2,3)4)26-15-20-19-12(21(15)5)8-11-6-7-27(24,25)9-11/h10-11H,6-9H2,1-5H3,(H2,17,18,22,23). The van der Waals surface area contributed by atoms with Crippen molar-refractivity contribution < 1.29 is 18.0 Å². The third-order valence-corrected chi connectivity index (χ3v) is 7.07. The molecule has 27 heavy (non-hydrogen) atoms. The van der Waals surface area contributed by atoms with Gasteiger partial charge in [0, 0.05) is 19.0 Å². The Morgan fingerprint density at radius 3 is 2.56 bits per heavy atom. The lowest BCUT2D eigenvalue weighted by atomic mass is 10.1. The summed E-state index contributed by atoms with van der Waals surface area (Å²) in [6.45, 7) is 7.16. The third-order valence-electron chi connectivity index (χ3n) is 4.10. The van der Waals surface area contributed by atoms with Gasteiger partial charge in [0.15, 0.2) is 15.0 Å². The van der Waals surface area contributed by atoms with Gasteiger partial charge in [-0.3, -0.25) is 10.1 Å². The summed E-state index contributed by atoms with van der Waals surface area (Å²) in [6, 6.07) is -0.541. The van der Waals surface area contributed by atoms with Gasteiger partial charge in [0.2, 0.25) is 5.91 Å². The number of sulfone groups is 1. The van der Waals surface area contributed by atoms with Gasteiger partial charge in [0.05, 0.1) is 16.8 Å². The van der Waals surface area contributed by atoms with Crippen LogP contribution in [0.4, 0.5) is 4.79 Å². The lowest BCUT2D eigenvalue weighted by Crippen LogP contribution is -2.49. The van der Waals surface area contributed by atoms with Gasteiger partial charge in [0.25, 0.3) is 0 Å². The van der Waals surface area contributed by atoms with Crippen LogP contribution in [0.3, 0.4) is 0 Å². The Balaban J connectivity index is 1.92. The number of aromatic nitrogens is 3. The van der Waals surface area contributed by atoms with E-state index in [4.69, 9.17) is 0 Å². The fourth-order valence-corrected chi connectivity index (χ4v) is 5.41. The highest BCUT2D eigenvalue weighted by atomic mass is 32.2. The SMILES string of the molecule is CC(Sc1nnc(CC2CCS(=O)(=O)C2)n1C)C(=O)NC(=O)NC(C)(C)C. The van der Waals surface area contributed by atoms with Crippen LogP contribution in [0.1, 0.15) is 39.9 Å². The fraction of sp³-hybridized carbons (Fsp3) is 0.750. The Hall–Kier alpha value is -1.62. The first-order chi connectivity index (χ1) is 12.4. The topological polar surface area (TPSA) is 123 Å². The number of urea groups is 1. The summed E-state index contributed by atoms with van der Waals surface area (Å²) in [5, 5.41) is 13.2. The molecule has 2 heterocycles. The van der Waals surface area contributed by atoms with E-state index in [0.29, 0.717) is 23.8 Å². The molecule has 1 aromatic rings. The average molecular weight is 418 g/mol. The average Bonchev–Trinajstić information content (AvgIpc) is 3.01. The molecule has 1 aliphatic heterocycles. The van der Waals surface area contributed by atoms with Crippen molar-refractivity contribution in [2.45, 2.75) is 56.5 Å². The molecule has 0 spiro atoms. The van der Waals surface area contributed by atoms with Crippen molar-refractivity contribution in [1.82, 2.24) is 25.4 Å². The van der Waals surface area contributed by atoms with Crippen LogP contribution in [0.25, 0.3) is 0 Å². The molecule has 1 saturated heterocycles. The fourth-order valence-electron chi connectivity index (χ4n) is 2.71. The molecule has 0 bridgehead atoms. The van der Waals surface area contributed by atoms with Gasteiger partial charge in [-0.2, -0.15) is 0 Å². The zero-order chi connectivity index (χ0) is 20.4. The summed E-state index contributed by atoms with van der Waals surface area (Å²) < 4.78 is 25.0. The molecule has 2 rings (SSSR count). The van der Waals surface area contributed by atoms with E-state index < -0.39 is 32.6 Å². The van der Waals surface area contributed by atoms with Crippen LogP contribution in [-0.2, 0) is 28.1 Å². The zero-order valence-electron chi connectivity index (χ0n) is 16.3. The molecule has 9 nitrogen and oxygen atoms in total. The highest BCUT2D eigenvalue weighted by Crippen LogP contribution is 2.25. The van der Waals surface area contributed by atoms with Crippen LogP contribution in [-0.4, -0.2) is 57.4 Å². The highest BCUT2D eigenvalue weighted by Gasteiger charge is 2.29. The number of imide groups is 1. The summed E-state index contributed by atoms with van der Waals surface area (Å²) in [5.41, 5.74) is -0.438. The van der Waals surface area contributed by atoms with E-state index in [1.165, 1.54) is 11.8 Å². The van der Waals surface area contributed by atoms with Gasteiger partial charge in [-0.1, -0.05) is 11.8 Å². The van der Waals surface area contributed by atoms with Crippen molar-refractivity contribution in [1.29, 1.82) is 0 Å². The maximum Gasteiger partial charge on any atom is 0.321 e. The Labute approximate surface area is 164 Å². The number of rotatable bonds is 5. The molecular weight excluding hydrogens is 390 g/mol. The van der Waals surface area contributed by atoms with Gasteiger partial charge >= 0.3 is 6.03 Å². The van der Waals surface area contributed by atoms with Crippen molar-refractivity contribution in [3.05, 3.63) is 5.82 Å². The van der Waals surface area contributed by atoms with Crippen LogP contribution in [0.5, 0.6) is 0 Å². The summed E-state index contributed by atoms with van der Waals surface area (Å²) >= 11 is 1.20. The van der Waals surface area contributed by atoms with Gasteiger partial charge in [-0.05, 0) is 40.0 Å². The molecule has 2 unspecified atom stereocenters. The van der Waals surface area contributed by atoms with Crippen molar-refractivity contribution in [2.24, 2.45) is 13.0 Å². The molecule has 1 aromatic heterocycles. The van der Waals surface area contributed by atoms with E-state index in [-0.39, 0.29) is 17.4 Å². The van der Waals surface area contributed by atoms with Gasteiger partial charge in [0.1, 0.15) is 5.82 Å². The predicted octanol–water partition coefficient (Wildman–Crippen LogP) is 0.897. The van der Waals surface area contributed by atoms with Crippen molar-refractivity contribution in [2.75, 3.05) is 11.5 Å². The highest BCUT2D eigenvalue weighted by molar-refractivity contribution is 8.00. The first kappa shape index (κ1) is 21.7. The van der Waals surface area contributed by atoms with Crippen LogP contribution < -0.4 is 10.6 Å². The van der Waals surface area contributed by atoms with Crippen LogP contribution >= 0.6 is 11.8 Å². The smallest absolute Gasteiger partial charge is 0.321 e. The molecular formula is C16H27N5O4S2. The van der Waals surface area contributed by atoms with Crippen molar-refractivity contribution in [3.63, 3.8) is 0 Å². The normalized spacial score (nSPS) is 20.3. The molecule has 1 aliphatic rings. The minimum absolute atomic E-state index is 0.0533. The van der Waals surface area contributed by atoms with E-state index in [2.05, 4.69) is 20.8 Å². The second-order valence-electron chi connectivity index (χ2n) is 7.88. The van der Waals surface area contributed by atoms with E-state index in [9.17, 15) is 18.0 Å². The minimum atomic E-state index is -2.93.